The van der Waals surface area contributed by atoms with Gasteiger partial charge < -0.3 is 15.1 Å². The lowest BCUT2D eigenvalue weighted by atomic mass is 9.43. The fraction of sp³-hybridized carbons (Fsp3) is 0.440. The Bertz CT molecular complexity index is 1050. The third kappa shape index (κ3) is 2.80. The smallest absolute Gasteiger partial charge is 0.318 e. The van der Waals surface area contributed by atoms with Crippen LogP contribution in [0.3, 0.4) is 0 Å². The average Bonchev–Trinajstić information content (AvgIpc) is 3.15. The highest BCUT2D eigenvalue weighted by molar-refractivity contribution is 5.81. The molecule has 5 aliphatic rings. The molecule has 5 nitrogen and oxygen atoms in total. The van der Waals surface area contributed by atoms with Gasteiger partial charge in [-0.1, -0.05) is 36.4 Å². The number of halogens is 1. The van der Waals surface area contributed by atoms with E-state index in [4.69, 9.17) is 0 Å². The first-order chi connectivity index (χ1) is 15.0. The summed E-state index contributed by atoms with van der Waals surface area (Å²) in [6.45, 7) is 1.48. The molecule has 160 valence electrons. The highest BCUT2D eigenvalue weighted by atomic mass is 19.1. The Morgan fingerprint density at radius 2 is 1.74 bits per heavy atom. The van der Waals surface area contributed by atoms with Crippen molar-refractivity contribution < 1.29 is 14.0 Å². The number of likely N-dealkylation sites (tertiary alicyclic amines) is 1. The maximum Gasteiger partial charge on any atom is 0.318 e. The molecule has 0 unspecified atom stereocenters. The molecular weight excluding hydrogens is 393 g/mol. The molecule has 2 aromatic carbocycles. The van der Waals surface area contributed by atoms with Gasteiger partial charge in [-0.2, -0.15) is 0 Å². The van der Waals surface area contributed by atoms with E-state index in [0.29, 0.717) is 13.0 Å². The molecule has 3 saturated carbocycles. The molecule has 2 bridgehead atoms. The summed E-state index contributed by atoms with van der Waals surface area (Å²) in [5.74, 6) is -0.0110. The van der Waals surface area contributed by atoms with Crippen molar-refractivity contribution in [3.63, 3.8) is 0 Å². The van der Waals surface area contributed by atoms with Crippen LogP contribution in [0.2, 0.25) is 0 Å². The van der Waals surface area contributed by atoms with Crippen molar-refractivity contribution in [2.75, 3.05) is 13.1 Å². The maximum atomic E-state index is 13.6. The molecule has 2 aliphatic heterocycles. The number of hydrogen-bond acceptors (Lipinski definition) is 2. The van der Waals surface area contributed by atoms with Crippen molar-refractivity contribution >= 4 is 11.9 Å². The lowest BCUT2D eigenvalue weighted by molar-refractivity contribution is -0.180. The number of nitrogens with zero attached hydrogens (tertiary/aromatic N) is 2. The molecule has 2 heterocycles. The van der Waals surface area contributed by atoms with E-state index in [-0.39, 0.29) is 34.9 Å². The second-order valence-corrected chi connectivity index (χ2v) is 9.71. The normalized spacial score (nSPS) is 31.0. The number of nitrogens with one attached hydrogen (secondary N) is 1. The van der Waals surface area contributed by atoms with Crippen LogP contribution in [0.25, 0.3) is 0 Å². The Balaban J connectivity index is 1.23. The number of carbonyl (C=O) groups is 2. The molecule has 3 amide bonds. The lowest BCUT2D eigenvalue weighted by Crippen LogP contribution is -2.84. The highest BCUT2D eigenvalue weighted by Gasteiger charge is 2.72. The molecule has 3 aliphatic carbocycles. The standard InChI is InChI=1S/C25H26FN3O2/c26-19-9-7-18(8-10-19)22-20-5-2-1-4-17(20)11-13-28(22)23(31)27-24-14-25(15-24,16-24)29-12-3-6-21(29)30/h1-2,4-5,7-10,22H,3,6,11-16H2,(H,27,31)/t22-,24?,25?/m0/s1. The van der Waals surface area contributed by atoms with E-state index in [1.807, 2.05) is 17.0 Å². The summed E-state index contributed by atoms with van der Waals surface area (Å²) in [5, 5.41) is 3.31. The van der Waals surface area contributed by atoms with Gasteiger partial charge in [0.25, 0.3) is 0 Å². The number of benzene rings is 2. The second-order valence-electron chi connectivity index (χ2n) is 9.71. The van der Waals surface area contributed by atoms with Crippen LogP contribution in [0.15, 0.2) is 48.5 Å². The summed E-state index contributed by atoms with van der Waals surface area (Å²) in [6, 6.07) is 14.4. The zero-order chi connectivity index (χ0) is 21.2. The third-order valence-corrected chi connectivity index (χ3v) is 7.75. The molecule has 2 aromatic rings. The summed E-state index contributed by atoms with van der Waals surface area (Å²) >= 11 is 0. The van der Waals surface area contributed by atoms with Crippen molar-refractivity contribution in [3.05, 3.63) is 71.0 Å². The van der Waals surface area contributed by atoms with Gasteiger partial charge in [0, 0.05) is 30.6 Å². The van der Waals surface area contributed by atoms with Gasteiger partial charge in [0.05, 0.1) is 6.04 Å². The predicted octanol–water partition coefficient (Wildman–Crippen LogP) is 3.78. The van der Waals surface area contributed by atoms with Crippen LogP contribution in [-0.2, 0) is 11.2 Å². The molecule has 7 rings (SSSR count). The third-order valence-electron chi connectivity index (χ3n) is 7.75. The summed E-state index contributed by atoms with van der Waals surface area (Å²) in [4.78, 5) is 29.5. The van der Waals surface area contributed by atoms with Crippen molar-refractivity contribution in [3.8, 4) is 0 Å². The van der Waals surface area contributed by atoms with E-state index in [2.05, 4.69) is 22.3 Å². The van der Waals surface area contributed by atoms with Gasteiger partial charge in [-0.15, -0.1) is 0 Å². The van der Waals surface area contributed by atoms with Gasteiger partial charge in [0.1, 0.15) is 5.82 Å². The number of amides is 3. The van der Waals surface area contributed by atoms with Gasteiger partial charge in [-0.25, -0.2) is 9.18 Å². The molecule has 1 saturated heterocycles. The molecule has 31 heavy (non-hydrogen) atoms. The van der Waals surface area contributed by atoms with Gasteiger partial charge in [0.2, 0.25) is 5.91 Å². The van der Waals surface area contributed by atoms with E-state index in [0.717, 1.165) is 49.8 Å². The van der Waals surface area contributed by atoms with Crippen LogP contribution in [0.4, 0.5) is 9.18 Å². The van der Waals surface area contributed by atoms with Crippen molar-refractivity contribution in [2.45, 2.75) is 55.6 Å². The quantitative estimate of drug-likeness (QED) is 0.823. The Hall–Kier alpha value is -2.89. The van der Waals surface area contributed by atoms with Gasteiger partial charge in [-0.3, -0.25) is 4.79 Å². The second kappa shape index (κ2) is 6.55. The summed E-state index contributed by atoms with van der Waals surface area (Å²) in [6.07, 6.45) is 5.01. The molecule has 1 atom stereocenters. The minimum atomic E-state index is -0.278. The molecule has 0 radical (unpaired) electrons. The number of carbonyl (C=O) groups excluding carboxylic acids is 2. The average molecular weight is 420 g/mol. The summed E-state index contributed by atoms with van der Waals surface area (Å²) in [5.41, 5.74) is 3.07. The van der Waals surface area contributed by atoms with Gasteiger partial charge in [-0.05, 0) is 60.9 Å². The van der Waals surface area contributed by atoms with E-state index in [1.54, 1.807) is 12.1 Å². The fourth-order valence-corrected chi connectivity index (χ4v) is 6.39. The van der Waals surface area contributed by atoms with Gasteiger partial charge >= 0.3 is 6.03 Å². The molecule has 1 N–H and O–H groups in total. The van der Waals surface area contributed by atoms with Crippen LogP contribution in [0.1, 0.15) is 54.8 Å². The van der Waals surface area contributed by atoms with Gasteiger partial charge in [0.15, 0.2) is 0 Å². The van der Waals surface area contributed by atoms with Crippen LogP contribution in [0, 0.1) is 5.82 Å². The lowest BCUT2D eigenvalue weighted by Gasteiger charge is -2.73. The highest BCUT2D eigenvalue weighted by Crippen LogP contribution is 2.64. The first-order valence-corrected chi connectivity index (χ1v) is 11.2. The zero-order valence-corrected chi connectivity index (χ0v) is 17.4. The summed E-state index contributed by atoms with van der Waals surface area (Å²) < 4.78 is 13.6. The Morgan fingerprint density at radius 1 is 1.00 bits per heavy atom. The first-order valence-electron chi connectivity index (χ1n) is 11.2. The SMILES string of the molecule is O=C(NC12CC(N3CCCC3=O)(C1)C2)N1CCc2ccccc2[C@@H]1c1ccc(F)cc1. The Kier molecular flexibility index (Phi) is 3.98. The Labute approximate surface area is 181 Å². The van der Waals surface area contributed by atoms with Crippen LogP contribution in [-0.4, -0.2) is 45.9 Å². The molecule has 6 heteroatoms. The topological polar surface area (TPSA) is 52.7 Å². The molecule has 0 aromatic heterocycles. The van der Waals surface area contributed by atoms with E-state index in [1.165, 1.54) is 17.7 Å². The number of rotatable bonds is 3. The van der Waals surface area contributed by atoms with Crippen molar-refractivity contribution in [2.24, 2.45) is 0 Å². The largest absolute Gasteiger partial charge is 0.337 e. The Morgan fingerprint density at radius 3 is 2.45 bits per heavy atom. The van der Waals surface area contributed by atoms with E-state index < -0.39 is 0 Å². The molecule has 4 fully saturated rings. The minimum absolute atomic E-state index is 0.00821. The number of urea groups is 1. The molecular formula is C25H26FN3O2. The fourth-order valence-electron chi connectivity index (χ4n) is 6.39. The first kappa shape index (κ1) is 18.8. The van der Waals surface area contributed by atoms with Crippen LogP contribution in [0.5, 0.6) is 0 Å². The van der Waals surface area contributed by atoms with Crippen LogP contribution < -0.4 is 5.32 Å². The number of fused-ring (bicyclic) bond motifs is 1. The number of hydrogen-bond donors (Lipinski definition) is 1. The van der Waals surface area contributed by atoms with E-state index in [9.17, 15) is 14.0 Å². The minimum Gasteiger partial charge on any atom is -0.337 e. The monoisotopic (exact) mass is 419 g/mol. The maximum absolute atomic E-state index is 13.6. The molecule has 0 spiro atoms. The van der Waals surface area contributed by atoms with Crippen molar-refractivity contribution in [1.82, 2.24) is 15.1 Å². The zero-order valence-electron chi connectivity index (χ0n) is 17.4. The van der Waals surface area contributed by atoms with Crippen molar-refractivity contribution in [1.29, 1.82) is 0 Å². The van der Waals surface area contributed by atoms with Crippen LogP contribution >= 0.6 is 0 Å². The summed E-state index contributed by atoms with van der Waals surface area (Å²) in [7, 11) is 0. The van der Waals surface area contributed by atoms with E-state index >= 15 is 0 Å². The predicted molar refractivity (Wildman–Crippen MR) is 114 cm³/mol.